The summed E-state index contributed by atoms with van der Waals surface area (Å²) >= 11 is 0. The Labute approximate surface area is 106 Å². The number of carbonyl (C=O) groups is 1. The van der Waals surface area contributed by atoms with E-state index in [1.807, 2.05) is 0 Å². The molecule has 0 aromatic heterocycles. The molecule has 1 aliphatic carbocycles. The summed E-state index contributed by atoms with van der Waals surface area (Å²) in [6.07, 6.45) is 6.66. The molecule has 0 spiro atoms. The highest BCUT2D eigenvalue weighted by atomic mass is 16.2. The molecule has 3 N–H and O–H groups in total. The molecule has 17 heavy (non-hydrogen) atoms. The maximum absolute atomic E-state index is 12.2. The van der Waals surface area contributed by atoms with Crippen molar-refractivity contribution in [3.63, 3.8) is 0 Å². The molecule has 100 valence electrons. The molecule has 0 aliphatic heterocycles. The van der Waals surface area contributed by atoms with Gasteiger partial charge in [-0.1, -0.05) is 33.1 Å². The number of amides is 1. The molecule has 1 fully saturated rings. The average molecular weight is 240 g/mol. The Hall–Kier alpha value is -0.570. The Morgan fingerprint density at radius 1 is 1.47 bits per heavy atom. The van der Waals surface area contributed by atoms with Gasteiger partial charge in [0.25, 0.3) is 0 Å². The fourth-order valence-corrected chi connectivity index (χ4v) is 2.87. The number of nitrogens with two attached hydrogens (primary N) is 1. The van der Waals surface area contributed by atoms with Crippen molar-refractivity contribution in [2.24, 2.45) is 17.1 Å². The first-order valence-corrected chi connectivity index (χ1v) is 7.05. The Morgan fingerprint density at radius 2 is 2.12 bits per heavy atom. The molecule has 0 radical (unpaired) electrons. The quantitative estimate of drug-likeness (QED) is 0.672. The van der Waals surface area contributed by atoms with Gasteiger partial charge in [0.05, 0.1) is 5.41 Å². The summed E-state index contributed by atoms with van der Waals surface area (Å²) in [5.74, 6) is 0.835. The second-order valence-corrected chi connectivity index (χ2v) is 5.87. The van der Waals surface area contributed by atoms with Crippen LogP contribution in [0.25, 0.3) is 0 Å². The number of hydrogen-bond acceptors (Lipinski definition) is 2. The second kappa shape index (κ2) is 6.39. The Morgan fingerprint density at radius 3 is 2.59 bits per heavy atom. The van der Waals surface area contributed by atoms with Gasteiger partial charge in [-0.2, -0.15) is 0 Å². The van der Waals surface area contributed by atoms with Gasteiger partial charge in [0.15, 0.2) is 0 Å². The molecule has 1 amide bonds. The van der Waals surface area contributed by atoms with Crippen LogP contribution >= 0.6 is 0 Å². The first kappa shape index (κ1) is 14.5. The topological polar surface area (TPSA) is 55.1 Å². The van der Waals surface area contributed by atoms with E-state index in [1.165, 1.54) is 19.3 Å². The molecule has 1 atom stereocenters. The van der Waals surface area contributed by atoms with Crippen molar-refractivity contribution in [3.8, 4) is 0 Å². The van der Waals surface area contributed by atoms with E-state index in [0.717, 1.165) is 19.3 Å². The number of hydrogen-bond donors (Lipinski definition) is 2. The van der Waals surface area contributed by atoms with Crippen molar-refractivity contribution >= 4 is 5.91 Å². The van der Waals surface area contributed by atoms with Crippen LogP contribution in [0, 0.1) is 11.3 Å². The van der Waals surface area contributed by atoms with Gasteiger partial charge in [-0.15, -0.1) is 0 Å². The SMILES string of the molecule is CCCCCC(C)NC(=O)C1(CN)CC(C)C1. The summed E-state index contributed by atoms with van der Waals surface area (Å²) < 4.78 is 0. The lowest BCUT2D eigenvalue weighted by atomic mass is 9.62. The molecule has 0 bridgehead atoms. The highest BCUT2D eigenvalue weighted by Crippen LogP contribution is 2.44. The fraction of sp³-hybridized carbons (Fsp3) is 0.929. The van der Waals surface area contributed by atoms with E-state index in [4.69, 9.17) is 5.73 Å². The van der Waals surface area contributed by atoms with E-state index < -0.39 is 0 Å². The average Bonchev–Trinajstić information content (AvgIpc) is 2.24. The monoisotopic (exact) mass is 240 g/mol. The zero-order chi connectivity index (χ0) is 12.9. The minimum Gasteiger partial charge on any atom is -0.353 e. The third-order valence-corrected chi connectivity index (χ3v) is 3.97. The first-order chi connectivity index (χ1) is 8.04. The van der Waals surface area contributed by atoms with Crippen LogP contribution in [0.3, 0.4) is 0 Å². The lowest BCUT2D eigenvalue weighted by molar-refractivity contribution is -0.138. The molecule has 0 aromatic carbocycles. The van der Waals surface area contributed by atoms with Gasteiger partial charge >= 0.3 is 0 Å². The number of unbranched alkanes of at least 4 members (excludes halogenated alkanes) is 2. The predicted molar refractivity (Wildman–Crippen MR) is 71.6 cm³/mol. The highest BCUT2D eigenvalue weighted by Gasteiger charge is 2.47. The van der Waals surface area contributed by atoms with Crippen molar-refractivity contribution < 1.29 is 4.79 Å². The Balaban J connectivity index is 2.32. The molecule has 0 saturated heterocycles. The van der Waals surface area contributed by atoms with Crippen LogP contribution in [0.2, 0.25) is 0 Å². The highest BCUT2D eigenvalue weighted by molar-refractivity contribution is 5.84. The minimum absolute atomic E-state index is 0.182. The van der Waals surface area contributed by atoms with E-state index in [9.17, 15) is 4.79 Å². The first-order valence-electron chi connectivity index (χ1n) is 7.05. The maximum atomic E-state index is 12.2. The lowest BCUT2D eigenvalue weighted by Crippen LogP contribution is -2.55. The Kier molecular flexibility index (Phi) is 5.44. The van der Waals surface area contributed by atoms with E-state index in [0.29, 0.717) is 12.5 Å². The van der Waals surface area contributed by atoms with Gasteiger partial charge in [-0.25, -0.2) is 0 Å². The third-order valence-electron chi connectivity index (χ3n) is 3.97. The van der Waals surface area contributed by atoms with Gasteiger partial charge in [0.1, 0.15) is 0 Å². The van der Waals surface area contributed by atoms with Gasteiger partial charge < -0.3 is 11.1 Å². The summed E-state index contributed by atoms with van der Waals surface area (Å²) in [5, 5.41) is 3.13. The molecule has 0 aromatic rings. The van der Waals surface area contributed by atoms with E-state index in [2.05, 4.69) is 26.1 Å². The van der Waals surface area contributed by atoms with Crippen molar-refractivity contribution in [2.75, 3.05) is 6.54 Å². The number of carbonyl (C=O) groups excluding carboxylic acids is 1. The largest absolute Gasteiger partial charge is 0.353 e. The van der Waals surface area contributed by atoms with Crippen LogP contribution in [0.15, 0.2) is 0 Å². The zero-order valence-corrected chi connectivity index (χ0v) is 11.6. The molecule has 3 heteroatoms. The van der Waals surface area contributed by atoms with Crippen LogP contribution < -0.4 is 11.1 Å². The van der Waals surface area contributed by atoms with Crippen LogP contribution in [-0.2, 0) is 4.79 Å². The summed E-state index contributed by atoms with van der Waals surface area (Å²) in [6.45, 7) is 6.97. The Bertz CT molecular complexity index is 247. The van der Waals surface area contributed by atoms with E-state index in [1.54, 1.807) is 0 Å². The van der Waals surface area contributed by atoms with Crippen LogP contribution in [0.4, 0.5) is 0 Å². The van der Waals surface area contributed by atoms with Crippen molar-refractivity contribution in [1.82, 2.24) is 5.32 Å². The molecule has 0 heterocycles. The normalized spacial score (nSPS) is 29.5. The van der Waals surface area contributed by atoms with Gasteiger partial charge in [-0.05, 0) is 32.1 Å². The van der Waals surface area contributed by atoms with Gasteiger partial charge in [0, 0.05) is 12.6 Å². The van der Waals surface area contributed by atoms with E-state index >= 15 is 0 Å². The summed E-state index contributed by atoms with van der Waals surface area (Å²) in [6, 6.07) is 0.286. The second-order valence-electron chi connectivity index (χ2n) is 5.87. The fourth-order valence-electron chi connectivity index (χ4n) is 2.87. The standard InChI is InChI=1S/C14H28N2O/c1-4-5-6-7-12(3)16-13(17)14(10-15)8-11(2)9-14/h11-12H,4-10,15H2,1-3H3,(H,16,17). The molecule has 1 saturated carbocycles. The van der Waals surface area contributed by atoms with Crippen LogP contribution in [0.1, 0.15) is 59.3 Å². The zero-order valence-electron chi connectivity index (χ0n) is 11.6. The van der Waals surface area contributed by atoms with Crippen molar-refractivity contribution in [2.45, 2.75) is 65.3 Å². The van der Waals surface area contributed by atoms with Gasteiger partial charge in [0.2, 0.25) is 5.91 Å². The smallest absolute Gasteiger partial charge is 0.227 e. The summed E-state index contributed by atoms with van der Waals surface area (Å²) in [4.78, 5) is 12.2. The van der Waals surface area contributed by atoms with E-state index in [-0.39, 0.29) is 17.4 Å². The molecule has 1 rings (SSSR count). The lowest BCUT2D eigenvalue weighted by Gasteiger charge is -2.44. The molecule has 1 unspecified atom stereocenters. The maximum Gasteiger partial charge on any atom is 0.227 e. The molecular formula is C14H28N2O. The molecular weight excluding hydrogens is 212 g/mol. The number of nitrogens with one attached hydrogen (secondary N) is 1. The molecule has 1 aliphatic rings. The summed E-state index contributed by atoms with van der Waals surface area (Å²) in [5.41, 5.74) is 5.52. The number of rotatable bonds is 7. The van der Waals surface area contributed by atoms with Crippen molar-refractivity contribution in [3.05, 3.63) is 0 Å². The minimum atomic E-state index is -0.252. The van der Waals surface area contributed by atoms with Gasteiger partial charge in [-0.3, -0.25) is 4.79 Å². The molecule has 3 nitrogen and oxygen atoms in total. The van der Waals surface area contributed by atoms with Crippen LogP contribution in [-0.4, -0.2) is 18.5 Å². The summed E-state index contributed by atoms with van der Waals surface area (Å²) in [7, 11) is 0. The predicted octanol–water partition coefficient (Wildman–Crippen LogP) is 2.45. The van der Waals surface area contributed by atoms with Crippen LogP contribution in [0.5, 0.6) is 0 Å². The third kappa shape index (κ3) is 3.70. The van der Waals surface area contributed by atoms with Crippen molar-refractivity contribution in [1.29, 1.82) is 0 Å².